The topological polar surface area (TPSA) is 104 Å². The van der Waals surface area contributed by atoms with Gasteiger partial charge in [-0.2, -0.15) is 5.10 Å². The lowest BCUT2D eigenvalue weighted by Crippen LogP contribution is -2.13. The lowest BCUT2D eigenvalue weighted by atomic mass is 10.4. The highest BCUT2D eigenvalue weighted by atomic mass is 32.2. The van der Waals surface area contributed by atoms with Crippen molar-refractivity contribution < 1.29 is 8.42 Å². The summed E-state index contributed by atoms with van der Waals surface area (Å²) in [5.74, 6) is 0.488. The zero-order valence-corrected chi connectivity index (χ0v) is 9.22. The molecule has 0 aliphatic rings. The number of nitrogens with zero attached hydrogens (tertiary/aromatic N) is 4. The summed E-state index contributed by atoms with van der Waals surface area (Å²) >= 11 is 0. The summed E-state index contributed by atoms with van der Waals surface area (Å²) in [5.41, 5.74) is 0.418. The normalized spacial score (nSPS) is 11.6. The van der Waals surface area contributed by atoms with E-state index in [1.165, 1.54) is 17.2 Å². The maximum absolute atomic E-state index is 11.2. The van der Waals surface area contributed by atoms with Crippen LogP contribution >= 0.6 is 0 Å². The van der Waals surface area contributed by atoms with Crippen LogP contribution in [-0.2, 0) is 10.0 Å². The summed E-state index contributed by atoms with van der Waals surface area (Å²) in [6, 6.07) is 1.62. The lowest BCUT2D eigenvalue weighted by Gasteiger charge is -2.02. The average molecular weight is 239 g/mol. The summed E-state index contributed by atoms with van der Waals surface area (Å²) in [6.45, 7) is 1.61. The molecular weight excluding hydrogens is 230 g/mol. The Morgan fingerprint density at radius 3 is 2.69 bits per heavy atom. The fourth-order valence-corrected chi connectivity index (χ4v) is 2.01. The minimum Gasteiger partial charge on any atom is -0.245 e. The monoisotopic (exact) mass is 239 g/mol. The molecule has 8 heteroatoms. The van der Waals surface area contributed by atoms with Gasteiger partial charge in [-0.15, -0.1) is 0 Å². The Bertz CT molecular complexity index is 605. The van der Waals surface area contributed by atoms with E-state index >= 15 is 0 Å². The molecule has 0 amide bonds. The SMILES string of the molecule is Cc1c(S(N)(=O)=O)cnn1-c1ccncn1. The van der Waals surface area contributed by atoms with Crippen molar-refractivity contribution in [1.29, 1.82) is 0 Å². The van der Waals surface area contributed by atoms with E-state index in [9.17, 15) is 8.42 Å². The highest BCUT2D eigenvalue weighted by Crippen LogP contribution is 2.15. The number of primary sulfonamides is 1. The van der Waals surface area contributed by atoms with Gasteiger partial charge in [0, 0.05) is 12.3 Å². The zero-order valence-electron chi connectivity index (χ0n) is 8.40. The van der Waals surface area contributed by atoms with Crippen molar-refractivity contribution in [3.05, 3.63) is 30.5 Å². The first kappa shape index (κ1) is 10.7. The van der Waals surface area contributed by atoms with E-state index in [-0.39, 0.29) is 4.90 Å². The first-order valence-electron chi connectivity index (χ1n) is 4.34. The summed E-state index contributed by atoms with van der Waals surface area (Å²) in [5, 5.41) is 8.95. The Kier molecular flexibility index (Phi) is 2.44. The quantitative estimate of drug-likeness (QED) is 0.769. The Morgan fingerprint density at radius 2 is 2.19 bits per heavy atom. The fraction of sp³-hybridized carbons (Fsp3) is 0.125. The van der Waals surface area contributed by atoms with Crippen LogP contribution in [0.4, 0.5) is 0 Å². The standard InChI is InChI=1S/C8H9N5O2S/c1-6-7(16(9,14)15)4-12-13(6)8-2-3-10-5-11-8/h2-5H,1H3,(H2,9,14,15). The Morgan fingerprint density at radius 1 is 1.44 bits per heavy atom. The van der Waals surface area contributed by atoms with E-state index in [1.807, 2.05) is 0 Å². The molecule has 7 nitrogen and oxygen atoms in total. The molecule has 2 aromatic heterocycles. The maximum Gasteiger partial charge on any atom is 0.241 e. The van der Waals surface area contributed by atoms with E-state index in [0.29, 0.717) is 11.5 Å². The molecule has 0 fully saturated rings. The van der Waals surface area contributed by atoms with Crippen molar-refractivity contribution in [2.24, 2.45) is 5.14 Å². The minimum atomic E-state index is -3.75. The molecule has 2 N–H and O–H groups in total. The van der Waals surface area contributed by atoms with Gasteiger partial charge in [0.1, 0.15) is 11.2 Å². The van der Waals surface area contributed by atoms with Crippen LogP contribution in [-0.4, -0.2) is 28.2 Å². The predicted molar refractivity (Wildman–Crippen MR) is 55.3 cm³/mol. The second-order valence-electron chi connectivity index (χ2n) is 3.12. The van der Waals surface area contributed by atoms with E-state index in [2.05, 4.69) is 15.1 Å². The third-order valence-corrected chi connectivity index (χ3v) is 3.07. The summed E-state index contributed by atoms with van der Waals surface area (Å²) in [6.07, 6.45) is 4.10. The first-order valence-corrected chi connectivity index (χ1v) is 5.88. The first-order chi connectivity index (χ1) is 7.50. The second-order valence-corrected chi connectivity index (χ2v) is 4.65. The molecule has 2 heterocycles. The van der Waals surface area contributed by atoms with Crippen LogP contribution in [0.3, 0.4) is 0 Å². The van der Waals surface area contributed by atoms with Gasteiger partial charge < -0.3 is 0 Å². The van der Waals surface area contributed by atoms with Crippen LogP contribution in [0.5, 0.6) is 0 Å². The van der Waals surface area contributed by atoms with Gasteiger partial charge in [-0.25, -0.2) is 28.2 Å². The van der Waals surface area contributed by atoms with Crippen LogP contribution in [0.1, 0.15) is 5.69 Å². The highest BCUT2D eigenvalue weighted by molar-refractivity contribution is 7.89. The van der Waals surface area contributed by atoms with Crippen LogP contribution in [0.2, 0.25) is 0 Å². The molecule has 0 radical (unpaired) electrons. The minimum absolute atomic E-state index is 0.00823. The van der Waals surface area contributed by atoms with E-state index in [0.717, 1.165) is 0 Å². The van der Waals surface area contributed by atoms with Gasteiger partial charge in [-0.05, 0) is 6.92 Å². The lowest BCUT2D eigenvalue weighted by molar-refractivity contribution is 0.597. The number of nitrogens with two attached hydrogens (primary N) is 1. The molecule has 0 atom stereocenters. The molecular formula is C8H9N5O2S. The molecule has 0 spiro atoms. The number of sulfonamides is 1. The van der Waals surface area contributed by atoms with Gasteiger partial charge in [-0.3, -0.25) is 0 Å². The Hall–Kier alpha value is -1.80. The second kappa shape index (κ2) is 3.65. The summed E-state index contributed by atoms with van der Waals surface area (Å²) in [4.78, 5) is 7.71. The molecule has 0 unspecified atom stereocenters. The van der Waals surface area contributed by atoms with Gasteiger partial charge in [0.25, 0.3) is 0 Å². The van der Waals surface area contributed by atoms with Crippen molar-refractivity contribution in [1.82, 2.24) is 19.7 Å². The summed E-state index contributed by atoms with van der Waals surface area (Å²) < 4.78 is 23.8. The van der Waals surface area contributed by atoms with Crippen LogP contribution < -0.4 is 5.14 Å². The fourth-order valence-electron chi connectivity index (χ4n) is 1.31. The van der Waals surface area contributed by atoms with E-state index < -0.39 is 10.0 Å². The van der Waals surface area contributed by atoms with Crippen molar-refractivity contribution >= 4 is 10.0 Å². The predicted octanol–water partition coefficient (Wildman–Crippen LogP) is -0.382. The van der Waals surface area contributed by atoms with Crippen molar-refractivity contribution in [2.45, 2.75) is 11.8 Å². The number of rotatable bonds is 2. The molecule has 0 saturated carbocycles. The molecule has 84 valence electrons. The average Bonchev–Trinajstić information content (AvgIpc) is 2.61. The van der Waals surface area contributed by atoms with Gasteiger partial charge in [0.2, 0.25) is 10.0 Å². The molecule has 0 aromatic carbocycles. The van der Waals surface area contributed by atoms with Gasteiger partial charge >= 0.3 is 0 Å². The molecule has 0 aliphatic carbocycles. The smallest absolute Gasteiger partial charge is 0.241 e. The highest BCUT2D eigenvalue weighted by Gasteiger charge is 2.17. The molecule has 0 bridgehead atoms. The number of hydrogen-bond donors (Lipinski definition) is 1. The third-order valence-electron chi connectivity index (χ3n) is 2.05. The molecule has 2 rings (SSSR count). The summed E-state index contributed by atoms with van der Waals surface area (Å²) in [7, 11) is -3.75. The Balaban J connectivity index is 2.59. The largest absolute Gasteiger partial charge is 0.245 e. The zero-order chi connectivity index (χ0) is 11.8. The van der Waals surface area contributed by atoms with Crippen LogP contribution in [0.25, 0.3) is 5.82 Å². The molecule has 2 aromatic rings. The molecule has 16 heavy (non-hydrogen) atoms. The number of aromatic nitrogens is 4. The van der Waals surface area contributed by atoms with Gasteiger partial charge in [0.15, 0.2) is 5.82 Å². The van der Waals surface area contributed by atoms with Crippen molar-refractivity contribution in [2.75, 3.05) is 0 Å². The van der Waals surface area contributed by atoms with Crippen LogP contribution in [0.15, 0.2) is 29.7 Å². The van der Waals surface area contributed by atoms with E-state index in [4.69, 9.17) is 5.14 Å². The van der Waals surface area contributed by atoms with Crippen molar-refractivity contribution in [3.63, 3.8) is 0 Å². The van der Waals surface area contributed by atoms with Gasteiger partial charge in [0.05, 0.1) is 11.9 Å². The van der Waals surface area contributed by atoms with Crippen molar-refractivity contribution in [3.8, 4) is 5.82 Å². The van der Waals surface area contributed by atoms with Gasteiger partial charge in [-0.1, -0.05) is 0 Å². The van der Waals surface area contributed by atoms with E-state index in [1.54, 1.807) is 19.2 Å². The number of hydrogen-bond acceptors (Lipinski definition) is 5. The van der Waals surface area contributed by atoms with Crippen LogP contribution in [0, 0.1) is 6.92 Å². The maximum atomic E-state index is 11.2. The third kappa shape index (κ3) is 1.79. The molecule has 0 saturated heterocycles. The molecule has 0 aliphatic heterocycles. The Labute approximate surface area is 92.0 Å².